The van der Waals surface area contributed by atoms with Gasteiger partial charge in [0.05, 0.1) is 0 Å². The molecule has 2 unspecified atom stereocenters. The minimum absolute atomic E-state index is 0.309. The van der Waals surface area contributed by atoms with Gasteiger partial charge in [0.1, 0.15) is 18.5 Å². The van der Waals surface area contributed by atoms with Gasteiger partial charge in [-0.25, -0.2) is 0 Å². The maximum atomic E-state index is 10.2. The highest BCUT2D eigenvalue weighted by Gasteiger charge is 2.16. The summed E-state index contributed by atoms with van der Waals surface area (Å²) in [5.41, 5.74) is 6.35. The van der Waals surface area contributed by atoms with Crippen molar-refractivity contribution in [1.82, 2.24) is 4.90 Å². The predicted molar refractivity (Wildman–Crippen MR) is 88.6 cm³/mol. The number of aliphatic hydroxyl groups is 1. The summed E-state index contributed by atoms with van der Waals surface area (Å²) in [5.74, 6) is 0.742. The van der Waals surface area contributed by atoms with Crippen LogP contribution in [0.1, 0.15) is 40.0 Å². The first-order valence-electron chi connectivity index (χ1n) is 7.97. The predicted octanol–water partition coefficient (Wildman–Crippen LogP) is 2.91. The van der Waals surface area contributed by atoms with E-state index in [9.17, 15) is 5.11 Å². The van der Waals surface area contributed by atoms with E-state index in [1.165, 1.54) is 6.42 Å². The Hall–Kier alpha value is -1.26. The van der Waals surface area contributed by atoms with E-state index in [0.29, 0.717) is 24.9 Å². The van der Waals surface area contributed by atoms with E-state index in [-0.39, 0.29) is 0 Å². The van der Waals surface area contributed by atoms with Gasteiger partial charge in [-0.2, -0.15) is 0 Å². The van der Waals surface area contributed by atoms with E-state index in [4.69, 9.17) is 10.5 Å². The zero-order valence-electron chi connectivity index (χ0n) is 13.6. The molecule has 3 N–H and O–H groups in total. The van der Waals surface area contributed by atoms with Crippen LogP contribution in [0.25, 0.3) is 0 Å². The van der Waals surface area contributed by atoms with Crippen molar-refractivity contribution in [1.29, 1.82) is 0 Å². The van der Waals surface area contributed by atoms with Gasteiger partial charge in [-0.3, -0.25) is 4.90 Å². The van der Waals surface area contributed by atoms with E-state index in [0.717, 1.165) is 25.1 Å². The number of hydrogen-bond donors (Lipinski definition) is 2. The van der Waals surface area contributed by atoms with Crippen LogP contribution in [0.15, 0.2) is 24.3 Å². The Labute approximate surface area is 128 Å². The first-order valence-corrected chi connectivity index (χ1v) is 7.97. The number of anilines is 1. The van der Waals surface area contributed by atoms with Crippen molar-refractivity contribution in [3.8, 4) is 5.75 Å². The summed E-state index contributed by atoms with van der Waals surface area (Å²) in [5, 5.41) is 10.2. The number of rotatable bonds is 10. The molecule has 0 saturated carbocycles. The highest BCUT2D eigenvalue weighted by Crippen LogP contribution is 2.14. The van der Waals surface area contributed by atoms with Crippen LogP contribution in [0.4, 0.5) is 5.69 Å². The third kappa shape index (κ3) is 6.82. The largest absolute Gasteiger partial charge is 0.491 e. The lowest BCUT2D eigenvalue weighted by atomic mass is 10.1. The van der Waals surface area contributed by atoms with Crippen molar-refractivity contribution in [3.63, 3.8) is 0 Å². The lowest BCUT2D eigenvalue weighted by Gasteiger charge is -2.30. The Kier molecular flexibility index (Phi) is 8.16. The average Bonchev–Trinajstić information content (AvgIpc) is 2.50. The molecule has 2 atom stereocenters. The van der Waals surface area contributed by atoms with Crippen LogP contribution in [0, 0.1) is 0 Å². The summed E-state index contributed by atoms with van der Waals surface area (Å²) in [6.45, 7) is 8.58. The van der Waals surface area contributed by atoms with Crippen LogP contribution in [0.2, 0.25) is 0 Å². The Morgan fingerprint density at radius 3 is 2.48 bits per heavy atom. The molecule has 0 bridgehead atoms. The fourth-order valence-electron chi connectivity index (χ4n) is 2.19. The van der Waals surface area contributed by atoms with Gasteiger partial charge in [-0.1, -0.05) is 20.3 Å². The normalized spacial score (nSPS) is 14.1. The molecule has 0 radical (unpaired) electrons. The van der Waals surface area contributed by atoms with Crippen molar-refractivity contribution in [2.45, 2.75) is 52.2 Å². The molecule has 120 valence electrons. The van der Waals surface area contributed by atoms with Gasteiger partial charge in [-0.15, -0.1) is 0 Å². The van der Waals surface area contributed by atoms with Crippen LogP contribution < -0.4 is 10.5 Å². The Balaban J connectivity index is 2.41. The maximum Gasteiger partial charge on any atom is 0.119 e. The smallest absolute Gasteiger partial charge is 0.119 e. The molecule has 1 aromatic rings. The lowest BCUT2D eigenvalue weighted by Crippen LogP contribution is -2.41. The molecule has 0 aliphatic heterocycles. The topological polar surface area (TPSA) is 58.7 Å². The summed E-state index contributed by atoms with van der Waals surface area (Å²) < 4.78 is 5.61. The van der Waals surface area contributed by atoms with E-state index < -0.39 is 6.10 Å². The van der Waals surface area contributed by atoms with Gasteiger partial charge < -0.3 is 15.6 Å². The number of unbranched alkanes of at least 4 members (excludes halogenated alkanes) is 1. The van der Waals surface area contributed by atoms with Crippen molar-refractivity contribution >= 4 is 5.69 Å². The van der Waals surface area contributed by atoms with Gasteiger partial charge in [0.15, 0.2) is 0 Å². The van der Waals surface area contributed by atoms with Crippen molar-refractivity contribution < 1.29 is 9.84 Å². The molecular weight excluding hydrogens is 264 g/mol. The molecule has 4 heteroatoms. The zero-order chi connectivity index (χ0) is 15.7. The van der Waals surface area contributed by atoms with Crippen LogP contribution in [0.5, 0.6) is 5.75 Å². The summed E-state index contributed by atoms with van der Waals surface area (Å²) in [6, 6.07) is 7.74. The van der Waals surface area contributed by atoms with E-state index in [2.05, 4.69) is 25.7 Å². The lowest BCUT2D eigenvalue weighted by molar-refractivity contribution is 0.0534. The van der Waals surface area contributed by atoms with E-state index in [1.54, 1.807) is 12.1 Å². The second-order valence-corrected chi connectivity index (χ2v) is 5.64. The number of ether oxygens (including phenoxy) is 1. The molecule has 0 spiro atoms. The number of nitrogens with two attached hydrogens (primary N) is 1. The van der Waals surface area contributed by atoms with Crippen LogP contribution in [0.3, 0.4) is 0 Å². The highest BCUT2D eigenvalue weighted by atomic mass is 16.5. The minimum atomic E-state index is -0.478. The molecule has 0 fully saturated rings. The number of nitrogens with zero attached hydrogens (tertiary/aromatic N) is 1. The second kappa shape index (κ2) is 9.64. The second-order valence-electron chi connectivity index (χ2n) is 5.64. The zero-order valence-corrected chi connectivity index (χ0v) is 13.6. The quantitative estimate of drug-likeness (QED) is 0.651. The maximum absolute atomic E-state index is 10.2. The van der Waals surface area contributed by atoms with E-state index >= 15 is 0 Å². The Morgan fingerprint density at radius 1 is 1.24 bits per heavy atom. The van der Waals surface area contributed by atoms with Crippen molar-refractivity contribution in [3.05, 3.63) is 24.3 Å². The van der Waals surface area contributed by atoms with E-state index in [1.807, 2.05) is 12.1 Å². The highest BCUT2D eigenvalue weighted by molar-refractivity contribution is 5.41. The fraction of sp³-hybridized carbons (Fsp3) is 0.647. The van der Waals surface area contributed by atoms with Crippen molar-refractivity contribution in [2.75, 3.05) is 25.4 Å². The van der Waals surface area contributed by atoms with Gasteiger partial charge in [0, 0.05) is 18.3 Å². The molecule has 1 aromatic carbocycles. The SMILES string of the molecule is CCCCN(CC(O)COc1ccc(N)cc1)C(C)CC. The number of aliphatic hydroxyl groups excluding tert-OH is 1. The van der Waals surface area contributed by atoms with Gasteiger partial charge in [0.2, 0.25) is 0 Å². The molecule has 0 amide bonds. The first kappa shape index (κ1) is 17.8. The van der Waals surface area contributed by atoms with Crippen LogP contribution in [-0.2, 0) is 0 Å². The summed E-state index contributed by atoms with van der Waals surface area (Å²) in [6.07, 6.45) is 2.95. The van der Waals surface area contributed by atoms with Gasteiger partial charge in [0.25, 0.3) is 0 Å². The summed E-state index contributed by atoms with van der Waals surface area (Å²) in [4.78, 5) is 2.35. The molecule has 0 aliphatic carbocycles. The summed E-state index contributed by atoms with van der Waals surface area (Å²) >= 11 is 0. The van der Waals surface area contributed by atoms with Crippen LogP contribution in [-0.4, -0.2) is 41.8 Å². The van der Waals surface area contributed by atoms with Gasteiger partial charge >= 0.3 is 0 Å². The standard InChI is InChI=1S/C17H30N2O2/c1-4-6-11-19(14(3)5-2)12-16(20)13-21-17-9-7-15(18)8-10-17/h7-10,14,16,20H,4-6,11-13,18H2,1-3H3. The molecule has 0 aromatic heterocycles. The Bertz CT molecular complexity index is 381. The molecule has 4 nitrogen and oxygen atoms in total. The van der Waals surface area contributed by atoms with Crippen molar-refractivity contribution in [2.24, 2.45) is 0 Å². The molecular formula is C17H30N2O2. The summed E-state index contributed by atoms with van der Waals surface area (Å²) in [7, 11) is 0. The third-order valence-electron chi connectivity index (χ3n) is 3.78. The third-order valence-corrected chi connectivity index (χ3v) is 3.78. The molecule has 0 aliphatic rings. The van der Waals surface area contributed by atoms with Crippen LogP contribution >= 0.6 is 0 Å². The molecule has 0 saturated heterocycles. The number of nitrogen functional groups attached to an aromatic ring is 1. The monoisotopic (exact) mass is 294 g/mol. The number of benzene rings is 1. The molecule has 1 rings (SSSR count). The number of hydrogen-bond acceptors (Lipinski definition) is 4. The first-order chi connectivity index (χ1) is 10.1. The Morgan fingerprint density at radius 2 is 1.90 bits per heavy atom. The minimum Gasteiger partial charge on any atom is -0.491 e. The van der Waals surface area contributed by atoms with Gasteiger partial charge in [-0.05, 0) is 50.6 Å². The molecule has 0 heterocycles. The fourth-order valence-corrected chi connectivity index (χ4v) is 2.19. The molecule has 21 heavy (non-hydrogen) atoms. The average molecular weight is 294 g/mol.